The first-order chi connectivity index (χ1) is 4.70. The molecule has 0 fully saturated rings. The summed E-state index contributed by atoms with van der Waals surface area (Å²) in [5.41, 5.74) is 1.05. The summed E-state index contributed by atoms with van der Waals surface area (Å²) < 4.78 is 4.84. The molecule has 0 amide bonds. The smallest absolute Gasteiger partial charge is 0.167 e. The highest BCUT2D eigenvalue weighted by molar-refractivity contribution is 5.41. The Kier molecular flexibility index (Phi) is 4.37. The van der Waals surface area contributed by atoms with Crippen molar-refractivity contribution in [3.05, 3.63) is 11.8 Å². The van der Waals surface area contributed by atoms with E-state index in [4.69, 9.17) is 10.1 Å². The molecule has 1 atom stereocenters. The SMILES string of the molecule is CN/C(C)=C/C(C)OC=N. The Hall–Kier alpha value is -0.990. The van der Waals surface area contributed by atoms with Crippen molar-refractivity contribution in [3.8, 4) is 0 Å². The summed E-state index contributed by atoms with van der Waals surface area (Å²) in [6.45, 7) is 3.83. The molecule has 0 saturated heterocycles. The topological polar surface area (TPSA) is 45.1 Å². The molecule has 0 aromatic rings. The van der Waals surface area contributed by atoms with Crippen molar-refractivity contribution in [3.63, 3.8) is 0 Å². The van der Waals surface area contributed by atoms with Crippen LogP contribution in [0.4, 0.5) is 0 Å². The molecule has 0 saturated carbocycles. The van der Waals surface area contributed by atoms with E-state index in [1.54, 1.807) is 0 Å². The van der Waals surface area contributed by atoms with Gasteiger partial charge in [-0.1, -0.05) is 0 Å². The van der Waals surface area contributed by atoms with Crippen molar-refractivity contribution in [1.29, 1.82) is 5.41 Å². The first kappa shape index (κ1) is 9.01. The number of ether oxygens (including phenoxy) is 1. The van der Waals surface area contributed by atoms with Gasteiger partial charge in [0.05, 0.1) is 0 Å². The van der Waals surface area contributed by atoms with Crippen LogP contribution in [0.25, 0.3) is 0 Å². The van der Waals surface area contributed by atoms with E-state index in [2.05, 4.69) is 5.32 Å². The maximum absolute atomic E-state index is 6.64. The minimum atomic E-state index is -0.0232. The molecular formula is C7H14N2O. The molecule has 2 N–H and O–H groups in total. The van der Waals surface area contributed by atoms with E-state index in [1.807, 2.05) is 27.0 Å². The summed E-state index contributed by atoms with van der Waals surface area (Å²) in [5, 5.41) is 9.60. The molecule has 0 radical (unpaired) electrons. The minimum Gasteiger partial charge on any atom is -0.477 e. The summed E-state index contributed by atoms with van der Waals surface area (Å²) in [6, 6.07) is 0. The Balaban J connectivity index is 3.73. The summed E-state index contributed by atoms with van der Waals surface area (Å²) in [5.74, 6) is 0. The highest BCUT2D eigenvalue weighted by atomic mass is 16.5. The van der Waals surface area contributed by atoms with Crippen molar-refractivity contribution in [2.24, 2.45) is 0 Å². The van der Waals surface area contributed by atoms with Gasteiger partial charge in [0, 0.05) is 12.7 Å². The van der Waals surface area contributed by atoms with Crippen molar-refractivity contribution in [2.45, 2.75) is 20.0 Å². The fourth-order valence-electron chi connectivity index (χ4n) is 0.582. The third-order valence-corrected chi connectivity index (χ3v) is 1.16. The molecule has 0 aromatic carbocycles. The van der Waals surface area contributed by atoms with Crippen LogP contribution in [-0.2, 0) is 4.74 Å². The summed E-state index contributed by atoms with van der Waals surface area (Å²) in [7, 11) is 1.85. The van der Waals surface area contributed by atoms with Gasteiger partial charge in [-0.05, 0) is 19.9 Å². The number of hydrogen-bond acceptors (Lipinski definition) is 3. The first-order valence-corrected chi connectivity index (χ1v) is 3.21. The number of rotatable bonds is 4. The molecule has 0 heterocycles. The summed E-state index contributed by atoms with van der Waals surface area (Å²) in [6.07, 6.45) is 2.83. The van der Waals surface area contributed by atoms with Crippen LogP contribution in [0.1, 0.15) is 13.8 Å². The highest BCUT2D eigenvalue weighted by Gasteiger charge is 1.93. The van der Waals surface area contributed by atoms with Gasteiger partial charge in [-0.2, -0.15) is 0 Å². The van der Waals surface area contributed by atoms with Crippen LogP contribution in [0.15, 0.2) is 11.8 Å². The van der Waals surface area contributed by atoms with Gasteiger partial charge in [0.2, 0.25) is 0 Å². The number of nitrogens with one attached hydrogen (secondary N) is 2. The molecule has 0 spiro atoms. The van der Waals surface area contributed by atoms with Gasteiger partial charge in [0.15, 0.2) is 6.40 Å². The summed E-state index contributed by atoms with van der Waals surface area (Å²) >= 11 is 0. The second kappa shape index (κ2) is 4.85. The third-order valence-electron chi connectivity index (χ3n) is 1.16. The Bertz CT molecular complexity index is 132. The molecule has 3 heteroatoms. The lowest BCUT2D eigenvalue weighted by molar-refractivity contribution is 0.266. The van der Waals surface area contributed by atoms with Gasteiger partial charge < -0.3 is 10.1 Å². The Morgan fingerprint density at radius 2 is 2.30 bits per heavy atom. The molecule has 10 heavy (non-hydrogen) atoms. The van der Waals surface area contributed by atoms with E-state index in [0.717, 1.165) is 12.1 Å². The van der Waals surface area contributed by atoms with Crippen LogP contribution in [-0.4, -0.2) is 19.6 Å². The van der Waals surface area contributed by atoms with Crippen LogP contribution in [0.3, 0.4) is 0 Å². The minimum absolute atomic E-state index is 0.0232. The predicted molar refractivity (Wildman–Crippen MR) is 42.1 cm³/mol. The lowest BCUT2D eigenvalue weighted by Gasteiger charge is -2.06. The number of allylic oxidation sites excluding steroid dienone is 1. The fourth-order valence-corrected chi connectivity index (χ4v) is 0.582. The maximum atomic E-state index is 6.64. The molecule has 0 aliphatic rings. The normalized spacial score (nSPS) is 14.1. The maximum Gasteiger partial charge on any atom is 0.167 e. The van der Waals surface area contributed by atoms with Crippen LogP contribution in [0, 0.1) is 5.41 Å². The van der Waals surface area contributed by atoms with Gasteiger partial charge in [-0.25, -0.2) is 0 Å². The second-order valence-corrected chi connectivity index (χ2v) is 2.06. The van der Waals surface area contributed by atoms with Gasteiger partial charge in [-0.3, -0.25) is 5.41 Å². The van der Waals surface area contributed by atoms with Crippen molar-refractivity contribution >= 4 is 6.40 Å². The van der Waals surface area contributed by atoms with Crippen LogP contribution in [0.5, 0.6) is 0 Å². The molecule has 0 aliphatic carbocycles. The first-order valence-electron chi connectivity index (χ1n) is 3.21. The largest absolute Gasteiger partial charge is 0.477 e. The molecule has 0 rings (SSSR count). The quantitative estimate of drug-likeness (QED) is 0.456. The van der Waals surface area contributed by atoms with Crippen LogP contribution in [0.2, 0.25) is 0 Å². The zero-order valence-electron chi connectivity index (χ0n) is 6.64. The molecule has 3 nitrogen and oxygen atoms in total. The van der Waals surface area contributed by atoms with Crippen LogP contribution < -0.4 is 5.32 Å². The van der Waals surface area contributed by atoms with Gasteiger partial charge >= 0.3 is 0 Å². The third kappa shape index (κ3) is 3.95. The zero-order chi connectivity index (χ0) is 7.98. The standard InChI is InChI=1S/C7H14N2O/c1-6(9-3)4-7(2)10-5-8/h4-5,7-9H,1-3H3/b6-4+,8-5?. The van der Waals surface area contributed by atoms with E-state index in [0.29, 0.717) is 0 Å². The lowest BCUT2D eigenvalue weighted by Crippen LogP contribution is -2.08. The second-order valence-electron chi connectivity index (χ2n) is 2.06. The van der Waals surface area contributed by atoms with E-state index in [-0.39, 0.29) is 6.10 Å². The Morgan fingerprint density at radius 3 is 2.70 bits per heavy atom. The van der Waals surface area contributed by atoms with Crippen LogP contribution >= 0.6 is 0 Å². The molecule has 0 aromatic heterocycles. The highest BCUT2D eigenvalue weighted by Crippen LogP contribution is 1.93. The Labute approximate surface area is 61.6 Å². The predicted octanol–water partition coefficient (Wildman–Crippen LogP) is 1.12. The average Bonchev–Trinajstić information content (AvgIpc) is 1.88. The average molecular weight is 142 g/mol. The van der Waals surface area contributed by atoms with Crippen molar-refractivity contribution < 1.29 is 4.74 Å². The monoisotopic (exact) mass is 142 g/mol. The molecule has 0 bridgehead atoms. The Morgan fingerprint density at radius 1 is 1.70 bits per heavy atom. The van der Waals surface area contributed by atoms with E-state index >= 15 is 0 Å². The van der Waals surface area contributed by atoms with E-state index in [1.165, 1.54) is 0 Å². The zero-order valence-corrected chi connectivity index (χ0v) is 6.64. The molecular weight excluding hydrogens is 128 g/mol. The molecule has 1 unspecified atom stereocenters. The van der Waals surface area contributed by atoms with E-state index < -0.39 is 0 Å². The molecule has 58 valence electrons. The number of hydrogen-bond donors (Lipinski definition) is 2. The van der Waals surface area contributed by atoms with Crippen molar-refractivity contribution in [2.75, 3.05) is 7.05 Å². The van der Waals surface area contributed by atoms with Crippen molar-refractivity contribution in [1.82, 2.24) is 5.32 Å². The van der Waals surface area contributed by atoms with E-state index in [9.17, 15) is 0 Å². The van der Waals surface area contributed by atoms with Gasteiger partial charge in [0.1, 0.15) is 6.10 Å². The fraction of sp³-hybridized carbons (Fsp3) is 0.571. The summed E-state index contributed by atoms with van der Waals surface area (Å²) in [4.78, 5) is 0. The lowest BCUT2D eigenvalue weighted by atomic mass is 10.3. The van der Waals surface area contributed by atoms with Gasteiger partial charge in [0.25, 0.3) is 0 Å². The van der Waals surface area contributed by atoms with Gasteiger partial charge in [-0.15, -0.1) is 0 Å². The molecule has 0 aliphatic heterocycles.